The molecule has 0 aromatic heterocycles. The maximum absolute atomic E-state index is 11.9. The normalized spacial score (nSPS) is 14.5. The molecule has 2 fully saturated rings. The van der Waals surface area contributed by atoms with E-state index in [-0.39, 0.29) is 104 Å². The van der Waals surface area contributed by atoms with E-state index in [9.17, 15) is 28.8 Å². The van der Waals surface area contributed by atoms with Crippen LogP contribution in [0.3, 0.4) is 0 Å². The Morgan fingerprint density at radius 1 is 0.319 bits per heavy atom. The molecule has 0 spiro atoms. The Hall–Kier alpha value is 1.02. The number of carboxylic acid groups (broad SMARTS) is 2. The maximum Gasteiger partial charge on any atom is 1.00 e. The Morgan fingerprint density at radius 3 is 0.759 bits per heavy atom. The van der Waals surface area contributed by atoms with E-state index >= 15 is 0 Å². The van der Waals surface area contributed by atoms with E-state index in [1.807, 2.05) is 55.4 Å². The van der Waals surface area contributed by atoms with Crippen LogP contribution in [0.2, 0.25) is 0 Å². The van der Waals surface area contributed by atoms with Crippen molar-refractivity contribution in [1.82, 2.24) is 0 Å². The summed E-state index contributed by atoms with van der Waals surface area (Å²) >= 11 is 0. The summed E-state index contributed by atoms with van der Waals surface area (Å²) in [5, 5.41) is 18.2. The molecule has 50 heteroatoms. The monoisotopic (exact) mass is 1550 g/mol. The smallest absolute Gasteiger partial charge is 0.870 e. The predicted molar refractivity (Wildman–Crippen MR) is 537 cm³/mol. The third-order valence-corrected chi connectivity index (χ3v) is 23.8. The number of carbonyl (C=O) groups is 6. The minimum Gasteiger partial charge on any atom is -0.870 e. The summed E-state index contributed by atoms with van der Waals surface area (Å²) < 4.78 is 10.3. The number of carbonyl (C=O) groups excluding carboxylic acids is 4. The van der Waals surface area contributed by atoms with Crippen LogP contribution in [0.15, 0.2) is 12.2 Å². The summed E-state index contributed by atoms with van der Waals surface area (Å²) in [5.41, 5.74) is -2.19. The van der Waals surface area contributed by atoms with Gasteiger partial charge in [0.2, 0.25) is 0 Å². The molecule has 0 heterocycles. The number of hydrogen-bond donors (Lipinski definition) is 2. The largest absolute Gasteiger partial charge is 1.00 e. The van der Waals surface area contributed by atoms with Crippen molar-refractivity contribution in [2.75, 3.05) is 13.2 Å². The van der Waals surface area contributed by atoms with Crippen molar-refractivity contribution in [3.8, 4) is 0 Å². The third-order valence-electron chi connectivity index (χ3n) is 23.8. The SMILES string of the molecule is C.CC(C)(CCCCCC1CC1CCCCC(C)(C)C(=O)O)C(=O)O.CCOC(=O)C(C)(C)CCCCC/C=C\CCCCC(C)(C)C(C)=O.CCOC(=O)C(C)(C)CCCCCC1CC1CCCCC(C)(C)C(C)=O.[B]B([B])B(B([B])[B])B(B([B])[B])B([B])[B].[B]B([B])B([B])B(B([B])[B])B(B(B([B])[B])B([B])[B])B(B([B])[B])B([B])[B].[K+].[OH-]. The molecule has 11 nitrogen and oxygen atoms in total. The van der Waals surface area contributed by atoms with Gasteiger partial charge in [0.05, 0.1) is 34.9 Å². The number of ketones is 2. The first-order chi connectivity index (χ1) is 51.9. The van der Waals surface area contributed by atoms with Crippen LogP contribution in [0.25, 0.3) is 0 Å². The Morgan fingerprint density at radius 2 is 0.526 bits per heavy atom. The maximum atomic E-state index is 11.9. The fourth-order valence-electron chi connectivity index (χ4n) is 14.7. The zero-order chi connectivity index (χ0) is 88.3. The van der Waals surface area contributed by atoms with Crippen molar-refractivity contribution in [1.29, 1.82) is 0 Å². The Labute approximate surface area is 790 Å². The molecule has 0 bridgehead atoms. The van der Waals surface area contributed by atoms with Crippen molar-refractivity contribution in [3.63, 3.8) is 0 Å². The number of ether oxygens (including phenoxy) is 2. The summed E-state index contributed by atoms with van der Waals surface area (Å²) in [4.78, 5) is 68.8. The van der Waals surface area contributed by atoms with Gasteiger partial charge in [0.1, 0.15) is 11.6 Å². The number of unbranched alkanes of at least 4 members (excludes halogenated alkanes) is 11. The van der Waals surface area contributed by atoms with Crippen LogP contribution in [0.1, 0.15) is 304 Å². The Kier molecular flexibility index (Phi) is 72.2. The molecule has 0 amide bonds. The second-order valence-electron chi connectivity index (χ2n) is 36.8. The van der Waals surface area contributed by atoms with Crippen molar-refractivity contribution in [2.45, 2.75) is 304 Å². The van der Waals surface area contributed by atoms with Crippen molar-refractivity contribution in [3.05, 3.63) is 12.2 Å². The number of aliphatic carboxylic acids is 2. The minimum atomic E-state index is -0.973. The summed E-state index contributed by atoms with van der Waals surface area (Å²) in [6.45, 7) is 31.4. The Bertz CT molecular complexity index is 2590. The molecule has 568 valence electrons. The molecular formula is C66H123B38KO11. The first kappa shape index (κ1) is 128. The van der Waals surface area contributed by atoms with Gasteiger partial charge in [-0.25, -0.2) is 0 Å². The fourth-order valence-corrected chi connectivity index (χ4v) is 14.7. The van der Waals surface area contributed by atoms with Gasteiger partial charge < -0.3 is 25.2 Å². The molecule has 2 aliphatic carbocycles. The average Bonchev–Trinajstić information content (AvgIpc) is 1.49. The molecule has 2 saturated carbocycles. The number of Topliss-reactive ketones (excluding diaryl/α,β-unsaturated/α-hetero) is 2. The van der Waals surface area contributed by atoms with Gasteiger partial charge in [0, 0.05) is 282 Å². The predicted octanol–water partition coefficient (Wildman–Crippen LogP) is 0.944. The van der Waals surface area contributed by atoms with E-state index in [1.54, 1.807) is 41.5 Å². The standard InChI is InChI=1S/C23H42O3.C22H40O3.C20H36O4.CH4.B24.B14.K.H2O/c1-7-26-21(25)23(5,6)16-11-8-9-13-19-17-20(19)14-10-12-15-22(3,4)18(2)24;1-7-25-20(24)22(5,6)18-16-14-12-10-8-9-11-13-15-17-21(3,4)19(2)23;1-19(2,17(21)22)12-8-5-6-10-15-14-16(15)11-7-9-13-20(3,4)18(23)24;;1-14(2)20(13)23(19(11)12)24(21(15(3)4)16(5)6)22(17(7)8)18(9)10;1-9(2)13(10(3)4)14(11(5)6)12(7)8;;/h19-20H,7-17H2,1-6H3;8-9H,7,10-18H2,1-6H3;15-16H,5-14H2,1-4H3,(H,21,22)(H,23,24);1H4;;;;1H2/q;;;;;;+1;/p-1/b;9-8-;;;;;;. The molecule has 42 radical (unpaired) electrons. The fraction of sp³-hybridized carbons (Fsp3) is 0.879. The number of allylic oxidation sites excluding steroid dienone is 2. The molecule has 0 aliphatic heterocycles. The van der Waals surface area contributed by atoms with E-state index in [4.69, 9.17) is 182 Å². The van der Waals surface area contributed by atoms with E-state index in [2.05, 4.69) is 26.0 Å². The van der Waals surface area contributed by atoms with Crippen LogP contribution in [0.4, 0.5) is 0 Å². The molecule has 2 aliphatic rings. The molecule has 116 heavy (non-hydrogen) atoms. The summed E-state index contributed by atoms with van der Waals surface area (Å²) in [5.74, 6) is 2.66. The van der Waals surface area contributed by atoms with Gasteiger partial charge in [-0.3, -0.25) is 28.8 Å². The van der Waals surface area contributed by atoms with Crippen LogP contribution >= 0.6 is 0 Å². The van der Waals surface area contributed by atoms with Gasteiger partial charge >= 0.3 is 75.3 Å². The third kappa shape index (κ3) is 54.9. The molecule has 4 atom stereocenters. The van der Waals surface area contributed by atoms with Crippen LogP contribution < -0.4 is 51.4 Å². The van der Waals surface area contributed by atoms with Gasteiger partial charge in [0.15, 0.2) is 0 Å². The number of hydrogen-bond acceptors (Lipinski definition) is 9. The first-order valence-corrected chi connectivity index (χ1v) is 42.3. The molecule has 0 aromatic rings. The Balaban J connectivity index is -0.000000328. The molecule has 2 rings (SSSR count). The number of rotatable bonds is 56. The van der Waals surface area contributed by atoms with Crippen LogP contribution in [0.5, 0.6) is 0 Å². The van der Waals surface area contributed by atoms with Gasteiger partial charge in [-0.05, 0) is 184 Å². The molecule has 3 N–H and O–H groups in total. The van der Waals surface area contributed by atoms with Crippen LogP contribution in [-0.4, -0.2) is 335 Å². The van der Waals surface area contributed by atoms with Crippen LogP contribution in [-0.2, 0) is 38.2 Å². The quantitative estimate of drug-likeness (QED) is 0.0382. The van der Waals surface area contributed by atoms with Crippen LogP contribution in [0, 0.1) is 56.2 Å². The second-order valence-corrected chi connectivity index (χ2v) is 36.8. The van der Waals surface area contributed by atoms with Crippen molar-refractivity contribution >= 4 is 306 Å². The van der Waals surface area contributed by atoms with Gasteiger partial charge in [-0.2, -0.15) is 0 Å². The summed E-state index contributed by atoms with van der Waals surface area (Å²) in [6, 6.07) is 0. The summed E-state index contributed by atoms with van der Waals surface area (Å²) in [6.07, 6.45) is 23.6. The minimum absolute atomic E-state index is 0. The molecule has 0 aromatic carbocycles. The van der Waals surface area contributed by atoms with Gasteiger partial charge in [-0.1, -0.05) is 156 Å². The van der Waals surface area contributed by atoms with Gasteiger partial charge in [-0.15, -0.1) is 0 Å². The molecular weight excluding hydrogens is 1420 g/mol. The van der Waals surface area contributed by atoms with E-state index < -0.39 is 131 Å². The van der Waals surface area contributed by atoms with E-state index in [0.29, 0.717) is 19.0 Å². The zero-order valence-corrected chi connectivity index (χ0v) is 78.1. The second kappa shape index (κ2) is 65.6. The van der Waals surface area contributed by atoms with E-state index in [1.165, 1.54) is 77.0 Å². The van der Waals surface area contributed by atoms with Crippen molar-refractivity contribution in [2.24, 2.45) is 56.2 Å². The topological polar surface area (TPSA) is 191 Å². The van der Waals surface area contributed by atoms with E-state index in [0.717, 1.165) is 133 Å². The summed E-state index contributed by atoms with van der Waals surface area (Å²) in [7, 11) is 120. The number of esters is 2. The average molecular weight is 1540 g/mol. The van der Waals surface area contributed by atoms with Crippen molar-refractivity contribution < 1.29 is 105 Å². The van der Waals surface area contributed by atoms with Gasteiger partial charge in [0.25, 0.3) is 0 Å². The number of carboxylic acids is 2. The zero-order valence-electron chi connectivity index (χ0n) is 74.9. The molecule has 4 unspecified atom stereocenters. The molecule has 0 saturated heterocycles. The first-order valence-electron chi connectivity index (χ1n) is 42.3.